The van der Waals surface area contributed by atoms with Crippen molar-refractivity contribution in [2.24, 2.45) is 0 Å². The summed E-state index contributed by atoms with van der Waals surface area (Å²) in [6.45, 7) is 16.9. The lowest BCUT2D eigenvalue weighted by Crippen LogP contribution is -1.89. The molecule has 0 aliphatic rings. The Morgan fingerprint density at radius 3 is 0.710 bits per heavy atom. The van der Waals surface area contributed by atoms with E-state index in [1.165, 1.54) is 77.9 Å². The number of hydrogen-bond donors (Lipinski definition) is 0. The summed E-state index contributed by atoms with van der Waals surface area (Å²) in [7, 11) is 0. The summed E-state index contributed by atoms with van der Waals surface area (Å²) in [5.74, 6) is 1.76. The minimum absolute atomic E-state index is 0. The van der Waals surface area contributed by atoms with Crippen molar-refractivity contribution in [1.82, 2.24) is 0 Å². The van der Waals surface area contributed by atoms with Crippen molar-refractivity contribution in [2.75, 3.05) is 0 Å². The molecular formula is C61H70O. The zero-order valence-electron chi connectivity index (χ0n) is 37.0. The van der Waals surface area contributed by atoms with E-state index in [0.717, 1.165) is 30.8 Å². The maximum absolute atomic E-state index is 5.69. The molecule has 0 radical (unpaired) electrons. The molecule has 320 valence electrons. The standard InChI is InChI=1S/3C15H16.C14H14O.2CH4/c2*1-12-3-7-14(8-4-12)11-15-9-5-13(2)6-10-15;1-12-5-3-7-14(9-12)11-15-8-4-6-13(2)10-15;1-11-3-7-13(8-4-11)15-14-9-5-12(2)6-10-14;;/h3*3-10H,11H2,1-2H3;3-10H,1-2H3;2*1H4. The maximum Gasteiger partial charge on any atom is 0.127 e. The van der Waals surface area contributed by atoms with Gasteiger partial charge in [0.15, 0.2) is 0 Å². The van der Waals surface area contributed by atoms with Gasteiger partial charge in [-0.05, 0) is 132 Å². The average molecular weight is 819 g/mol. The molecule has 8 aromatic carbocycles. The molecule has 0 unspecified atom stereocenters. The largest absolute Gasteiger partial charge is 0.457 e. The van der Waals surface area contributed by atoms with Crippen LogP contribution >= 0.6 is 0 Å². The van der Waals surface area contributed by atoms with Crippen LogP contribution in [0.3, 0.4) is 0 Å². The molecule has 0 heterocycles. The second kappa shape index (κ2) is 26.0. The molecule has 1 heteroatoms. The minimum atomic E-state index is 0. The molecule has 0 atom stereocenters. The Kier molecular flexibility index (Phi) is 20.9. The Morgan fingerprint density at radius 1 is 0.242 bits per heavy atom. The number of aryl methyl sites for hydroxylation is 8. The van der Waals surface area contributed by atoms with Gasteiger partial charge in [0.25, 0.3) is 0 Å². The van der Waals surface area contributed by atoms with E-state index in [1.54, 1.807) is 0 Å². The molecule has 0 aliphatic carbocycles. The van der Waals surface area contributed by atoms with Crippen molar-refractivity contribution in [3.8, 4) is 11.5 Å². The highest BCUT2D eigenvalue weighted by Gasteiger charge is 1.99. The van der Waals surface area contributed by atoms with Gasteiger partial charge in [0.2, 0.25) is 0 Å². The quantitative estimate of drug-likeness (QED) is 0.148. The van der Waals surface area contributed by atoms with Crippen molar-refractivity contribution >= 4 is 0 Å². The molecule has 0 aromatic heterocycles. The van der Waals surface area contributed by atoms with Crippen LogP contribution in [0.4, 0.5) is 0 Å². The third-order valence-electron chi connectivity index (χ3n) is 10.1. The average Bonchev–Trinajstić information content (AvgIpc) is 3.24. The molecule has 8 aromatic rings. The van der Waals surface area contributed by atoms with Crippen LogP contribution in [0.2, 0.25) is 0 Å². The first-order valence-electron chi connectivity index (χ1n) is 21.1. The Balaban J connectivity index is 0.000000218. The first kappa shape index (κ1) is 49.9. The number of rotatable bonds is 8. The van der Waals surface area contributed by atoms with Gasteiger partial charge in [-0.25, -0.2) is 0 Å². The van der Waals surface area contributed by atoms with E-state index in [9.17, 15) is 0 Å². The van der Waals surface area contributed by atoms with Crippen molar-refractivity contribution < 1.29 is 4.74 Å². The molecule has 62 heavy (non-hydrogen) atoms. The van der Waals surface area contributed by atoms with Crippen LogP contribution in [0, 0.1) is 55.4 Å². The molecule has 0 bridgehead atoms. The van der Waals surface area contributed by atoms with Gasteiger partial charge in [-0.1, -0.05) is 229 Å². The van der Waals surface area contributed by atoms with Crippen LogP contribution in [0.1, 0.15) is 92.7 Å². The fourth-order valence-corrected chi connectivity index (χ4v) is 6.52. The summed E-state index contributed by atoms with van der Waals surface area (Å²) in [5, 5.41) is 0. The normalized spacial score (nSPS) is 9.87. The molecule has 0 fully saturated rings. The number of ether oxygens (including phenoxy) is 1. The monoisotopic (exact) mass is 819 g/mol. The summed E-state index contributed by atoms with van der Waals surface area (Å²) in [6.07, 6.45) is 3.09. The molecule has 0 amide bonds. The lowest BCUT2D eigenvalue weighted by molar-refractivity contribution is 0.482. The molecule has 0 aliphatic heterocycles. The molecular weight excluding hydrogens is 749 g/mol. The predicted octanol–water partition coefficient (Wildman–Crippen LogP) is 17.1. The lowest BCUT2D eigenvalue weighted by Gasteiger charge is -2.05. The van der Waals surface area contributed by atoms with Crippen LogP contribution in [0.25, 0.3) is 0 Å². The fourth-order valence-electron chi connectivity index (χ4n) is 6.52. The van der Waals surface area contributed by atoms with Gasteiger partial charge in [0.1, 0.15) is 11.5 Å². The van der Waals surface area contributed by atoms with Gasteiger partial charge in [0, 0.05) is 0 Å². The second-order valence-corrected chi connectivity index (χ2v) is 16.2. The first-order valence-corrected chi connectivity index (χ1v) is 21.1. The molecule has 0 N–H and O–H groups in total. The van der Waals surface area contributed by atoms with Crippen molar-refractivity contribution in [1.29, 1.82) is 0 Å². The maximum atomic E-state index is 5.69. The van der Waals surface area contributed by atoms with Gasteiger partial charge in [-0.2, -0.15) is 0 Å². The summed E-state index contributed by atoms with van der Waals surface area (Å²) in [4.78, 5) is 0. The van der Waals surface area contributed by atoms with Crippen molar-refractivity contribution in [3.63, 3.8) is 0 Å². The SMILES string of the molecule is C.C.Cc1ccc(Cc2ccc(C)cc2)cc1.Cc1ccc(Cc2ccc(C)cc2)cc1.Cc1ccc(Oc2ccc(C)cc2)cc1.Cc1cccc(Cc2cccc(C)c2)c1. The van der Waals surface area contributed by atoms with E-state index in [4.69, 9.17) is 4.74 Å². The molecule has 1 nitrogen and oxygen atoms in total. The molecule has 0 saturated carbocycles. The Morgan fingerprint density at radius 2 is 0.468 bits per heavy atom. The highest BCUT2D eigenvalue weighted by Crippen LogP contribution is 2.22. The van der Waals surface area contributed by atoms with Crippen LogP contribution in [0.15, 0.2) is 194 Å². The van der Waals surface area contributed by atoms with Crippen LogP contribution < -0.4 is 4.74 Å². The first-order chi connectivity index (χ1) is 28.9. The highest BCUT2D eigenvalue weighted by molar-refractivity contribution is 5.35. The summed E-state index contributed by atoms with van der Waals surface area (Å²) in [5.41, 5.74) is 18.7. The van der Waals surface area contributed by atoms with Crippen molar-refractivity contribution in [3.05, 3.63) is 272 Å². The fraction of sp³-hybridized carbons (Fsp3) is 0.213. The van der Waals surface area contributed by atoms with Gasteiger partial charge in [-0.15, -0.1) is 0 Å². The van der Waals surface area contributed by atoms with E-state index in [2.05, 4.69) is 201 Å². The number of benzene rings is 8. The van der Waals surface area contributed by atoms with E-state index >= 15 is 0 Å². The van der Waals surface area contributed by atoms with E-state index in [0.29, 0.717) is 0 Å². The lowest BCUT2D eigenvalue weighted by atomic mass is 10.0. The van der Waals surface area contributed by atoms with Gasteiger partial charge >= 0.3 is 0 Å². The molecule has 0 spiro atoms. The van der Waals surface area contributed by atoms with Crippen molar-refractivity contribution in [2.45, 2.75) is 89.5 Å². The zero-order chi connectivity index (χ0) is 42.7. The molecule has 0 saturated heterocycles. The summed E-state index contributed by atoms with van der Waals surface area (Å²) >= 11 is 0. The number of hydrogen-bond acceptors (Lipinski definition) is 1. The predicted molar refractivity (Wildman–Crippen MR) is 271 cm³/mol. The van der Waals surface area contributed by atoms with Crippen LogP contribution in [0.5, 0.6) is 11.5 Å². The summed E-state index contributed by atoms with van der Waals surface area (Å²) < 4.78 is 5.69. The molecule has 8 rings (SSSR count). The Labute approximate surface area is 376 Å². The summed E-state index contributed by atoms with van der Waals surface area (Å²) in [6, 6.07) is 68.5. The van der Waals surface area contributed by atoms with Gasteiger partial charge < -0.3 is 4.74 Å². The van der Waals surface area contributed by atoms with E-state index in [1.807, 2.05) is 48.5 Å². The minimum Gasteiger partial charge on any atom is -0.457 e. The smallest absolute Gasteiger partial charge is 0.127 e. The third kappa shape index (κ3) is 18.4. The van der Waals surface area contributed by atoms with E-state index in [-0.39, 0.29) is 14.9 Å². The zero-order valence-corrected chi connectivity index (χ0v) is 37.0. The highest BCUT2D eigenvalue weighted by atomic mass is 16.5. The van der Waals surface area contributed by atoms with E-state index < -0.39 is 0 Å². The third-order valence-corrected chi connectivity index (χ3v) is 10.1. The van der Waals surface area contributed by atoms with Crippen LogP contribution in [-0.2, 0) is 19.3 Å². The Bertz CT molecular complexity index is 2050. The Hall–Kier alpha value is -6.44. The van der Waals surface area contributed by atoms with Gasteiger partial charge in [-0.3, -0.25) is 0 Å². The van der Waals surface area contributed by atoms with Gasteiger partial charge in [0.05, 0.1) is 0 Å². The second-order valence-electron chi connectivity index (χ2n) is 16.2. The topological polar surface area (TPSA) is 9.23 Å². The van der Waals surface area contributed by atoms with Crippen LogP contribution in [-0.4, -0.2) is 0 Å².